The number of aromatic nitrogens is 1. The lowest BCUT2D eigenvalue weighted by Crippen LogP contribution is -2.52. The Hall–Kier alpha value is -2.85. The van der Waals surface area contributed by atoms with E-state index in [-0.39, 0.29) is 24.8 Å². The van der Waals surface area contributed by atoms with Crippen LogP contribution >= 0.6 is 11.3 Å². The highest BCUT2D eigenvalue weighted by Crippen LogP contribution is 2.33. The quantitative estimate of drug-likeness (QED) is 0.703. The maximum Gasteiger partial charge on any atom is 0.255 e. The van der Waals surface area contributed by atoms with Crippen molar-refractivity contribution in [2.45, 2.75) is 38.9 Å². The number of anilines is 1. The molecule has 1 aromatic carbocycles. The number of amides is 3. The van der Waals surface area contributed by atoms with Gasteiger partial charge in [0.05, 0.1) is 10.7 Å². The molecule has 0 spiro atoms. The number of nitrogens with one attached hydrogen (secondary N) is 1. The van der Waals surface area contributed by atoms with Crippen molar-refractivity contribution in [1.82, 2.24) is 20.1 Å². The average Bonchev–Trinajstić information content (AvgIpc) is 3.31. The minimum Gasteiger partial charge on any atom is -0.367 e. The van der Waals surface area contributed by atoms with Crippen LogP contribution in [0.25, 0.3) is 0 Å². The van der Waals surface area contributed by atoms with Crippen molar-refractivity contribution in [3.05, 3.63) is 45.2 Å². The van der Waals surface area contributed by atoms with Crippen molar-refractivity contribution in [2.75, 3.05) is 31.1 Å². The van der Waals surface area contributed by atoms with Gasteiger partial charge < -0.3 is 9.80 Å². The van der Waals surface area contributed by atoms with Crippen molar-refractivity contribution < 1.29 is 18.8 Å². The van der Waals surface area contributed by atoms with Crippen LogP contribution in [0, 0.1) is 12.7 Å². The molecule has 3 aliphatic rings. The molecule has 10 heteroatoms. The monoisotopic (exact) mass is 457 g/mol. The molecule has 0 aliphatic carbocycles. The number of rotatable bonds is 4. The molecule has 3 amide bonds. The molecule has 168 valence electrons. The zero-order chi connectivity index (χ0) is 22.4. The van der Waals surface area contributed by atoms with Crippen LogP contribution in [0.1, 0.15) is 38.6 Å². The Labute approximate surface area is 189 Å². The second-order valence-electron chi connectivity index (χ2n) is 8.47. The largest absolute Gasteiger partial charge is 0.367 e. The van der Waals surface area contributed by atoms with E-state index in [1.165, 1.54) is 15.8 Å². The lowest BCUT2D eigenvalue weighted by Gasteiger charge is -2.36. The van der Waals surface area contributed by atoms with E-state index < -0.39 is 17.8 Å². The van der Waals surface area contributed by atoms with Gasteiger partial charge in [0, 0.05) is 62.3 Å². The van der Waals surface area contributed by atoms with Gasteiger partial charge >= 0.3 is 0 Å². The number of carbonyl (C=O) groups excluding carboxylic acids is 3. The van der Waals surface area contributed by atoms with E-state index in [1.807, 2.05) is 18.0 Å². The maximum absolute atomic E-state index is 15.0. The number of piperazine rings is 1. The average molecular weight is 458 g/mol. The molecule has 1 atom stereocenters. The van der Waals surface area contributed by atoms with Gasteiger partial charge in [-0.25, -0.2) is 9.37 Å². The Kier molecular flexibility index (Phi) is 5.42. The molecule has 8 nitrogen and oxygen atoms in total. The minimum atomic E-state index is -0.696. The molecule has 4 heterocycles. The number of thiazole rings is 1. The lowest BCUT2D eigenvalue weighted by molar-refractivity contribution is -0.136. The molecule has 2 aromatic rings. The van der Waals surface area contributed by atoms with Crippen LogP contribution in [0.3, 0.4) is 0 Å². The first-order valence-electron chi connectivity index (χ1n) is 10.7. The van der Waals surface area contributed by atoms with E-state index in [9.17, 15) is 18.8 Å². The third-order valence-electron chi connectivity index (χ3n) is 6.35. The minimum absolute atomic E-state index is 0.196. The van der Waals surface area contributed by atoms with Crippen molar-refractivity contribution in [3.8, 4) is 0 Å². The topological polar surface area (TPSA) is 85.8 Å². The maximum atomic E-state index is 15.0. The highest BCUT2D eigenvalue weighted by molar-refractivity contribution is 7.11. The van der Waals surface area contributed by atoms with Gasteiger partial charge in [0.2, 0.25) is 11.8 Å². The van der Waals surface area contributed by atoms with Crippen LogP contribution in [0.4, 0.5) is 10.1 Å². The molecule has 0 saturated carbocycles. The van der Waals surface area contributed by atoms with E-state index in [2.05, 4.69) is 15.2 Å². The summed E-state index contributed by atoms with van der Waals surface area (Å²) in [7, 11) is 0. The summed E-state index contributed by atoms with van der Waals surface area (Å²) in [4.78, 5) is 47.8. The van der Waals surface area contributed by atoms with Crippen LogP contribution < -0.4 is 10.2 Å². The number of hydrogen-bond donors (Lipinski definition) is 1. The molecule has 0 bridgehead atoms. The second kappa shape index (κ2) is 8.25. The van der Waals surface area contributed by atoms with Gasteiger partial charge in [0.25, 0.3) is 5.91 Å². The molecule has 2 saturated heterocycles. The number of benzene rings is 1. The van der Waals surface area contributed by atoms with Gasteiger partial charge in [-0.3, -0.25) is 24.6 Å². The number of halogens is 1. The van der Waals surface area contributed by atoms with Gasteiger partial charge in [-0.2, -0.15) is 0 Å². The van der Waals surface area contributed by atoms with E-state index in [4.69, 9.17) is 0 Å². The molecule has 0 radical (unpaired) electrons. The number of piperidine rings is 1. The third kappa shape index (κ3) is 3.88. The summed E-state index contributed by atoms with van der Waals surface area (Å²) in [6, 6.07) is 2.35. The fraction of sp³-hybridized carbons (Fsp3) is 0.455. The van der Waals surface area contributed by atoms with Crippen LogP contribution in [0.15, 0.2) is 18.3 Å². The van der Waals surface area contributed by atoms with Gasteiger partial charge in [0.1, 0.15) is 11.9 Å². The number of hydrogen-bond acceptors (Lipinski definition) is 7. The Morgan fingerprint density at radius 3 is 2.66 bits per heavy atom. The summed E-state index contributed by atoms with van der Waals surface area (Å²) in [6.07, 6.45) is 2.40. The first kappa shape index (κ1) is 21.0. The molecule has 32 heavy (non-hydrogen) atoms. The Balaban J connectivity index is 1.27. The summed E-state index contributed by atoms with van der Waals surface area (Å²) in [5.74, 6) is -1.57. The molecule has 2 fully saturated rings. The Bertz CT molecular complexity index is 1100. The molecular formula is C22H24FN5O3S. The predicted octanol–water partition coefficient (Wildman–Crippen LogP) is 1.67. The lowest BCUT2D eigenvalue weighted by atomic mass is 10.0. The van der Waals surface area contributed by atoms with Crippen molar-refractivity contribution in [2.24, 2.45) is 0 Å². The highest BCUT2D eigenvalue weighted by atomic mass is 32.1. The van der Waals surface area contributed by atoms with Crippen molar-refractivity contribution in [3.63, 3.8) is 0 Å². The smallest absolute Gasteiger partial charge is 0.255 e. The molecule has 1 aromatic heterocycles. The number of aryl methyl sites for hydroxylation is 1. The fourth-order valence-corrected chi connectivity index (χ4v) is 5.50. The molecule has 1 N–H and O–H groups in total. The molecule has 1 unspecified atom stereocenters. The summed E-state index contributed by atoms with van der Waals surface area (Å²) in [5.41, 5.74) is 1.52. The molecule has 3 aliphatic heterocycles. The fourth-order valence-electron chi connectivity index (χ4n) is 4.66. The van der Waals surface area contributed by atoms with Gasteiger partial charge in [0.15, 0.2) is 0 Å². The zero-order valence-electron chi connectivity index (χ0n) is 17.8. The Morgan fingerprint density at radius 1 is 1.19 bits per heavy atom. The summed E-state index contributed by atoms with van der Waals surface area (Å²) < 4.78 is 15.0. The SMILES string of the molecule is Cc1ncc(CN2CCN(c3cc4c(cc3F)C(=O)N(C3CCC(=O)NC3=O)C4)CC2)s1. The van der Waals surface area contributed by atoms with E-state index >= 15 is 0 Å². The first-order valence-corrected chi connectivity index (χ1v) is 11.6. The standard InChI is InChI=1S/C22H24FN5O3S/c1-13-24-10-15(32-13)12-26-4-6-27(7-5-26)19-8-14-11-28(22(31)16(14)9-17(19)23)18-2-3-20(29)25-21(18)30/h8-10,18H,2-7,11-12H2,1H3,(H,25,29,30). The molecular weight excluding hydrogens is 433 g/mol. The van der Waals surface area contributed by atoms with Crippen molar-refractivity contribution >= 4 is 34.7 Å². The normalized spacial score (nSPS) is 21.8. The number of fused-ring (bicyclic) bond motifs is 1. The highest BCUT2D eigenvalue weighted by Gasteiger charge is 2.39. The summed E-state index contributed by atoms with van der Waals surface area (Å²) in [6.45, 7) is 6.11. The summed E-state index contributed by atoms with van der Waals surface area (Å²) in [5, 5.41) is 3.34. The first-order chi connectivity index (χ1) is 15.4. The third-order valence-corrected chi connectivity index (χ3v) is 7.25. The van der Waals surface area contributed by atoms with Gasteiger partial charge in [-0.15, -0.1) is 11.3 Å². The van der Waals surface area contributed by atoms with E-state index in [1.54, 1.807) is 17.4 Å². The van der Waals surface area contributed by atoms with Crippen LogP contribution in [0.5, 0.6) is 0 Å². The van der Waals surface area contributed by atoms with E-state index in [0.29, 0.717) is 30.8 Å². The van der Waals surface area contributed by atoms with E-state index in [0.717, 1.165) is 30.2 Å². The van der Waals surface area contributed by atoms with Crippen LogP contribution in [0.2, 0.25) is 0 Å². The Morgan fingerprint density at radius 2 is 1.97 bits per heavy atom. The zero-order valence-corrected chi connectivity index (χ0v) is 18.6. The van der Waals surface area contributed by atoms with Crippen LogP contribution in [-0.2, 0) is 22.7 Å². The predicted molar refractivity (Wildman–Crippen MR) is 117 cm³/mol. The number of nitrogens with zero attached hydrogens (tertiary/aromatic N) is 4. The van der Waals surface area contributed by atoms with Gasteiger partial charge in [-0.05, 0) is 31.0 Å². The number of carbonyl (C=O) groups is 3. The summed E-state index contributed by atoms with van der Waals surface area (Å²) >= 11 is 1.70. The molecule has 5 rings (SSSR count). The van der Waals surface area contributed by atoms with Crippen LogP contribution in [-0.4, -0.2) is 64.7 Å². The van der Waals surface area contributed by atoms with Gasteiger partial charge in [-0.1, -0.05) is 0 Å². The van der Waals surface area contributed by atoms with Crippen molar-refractivity contribution in [1.29, 1.82) is 0 Å². The second-order valence-corrected chi connectivity index (χ2v) is 9.79. The number of imide groups is 1.